The maximum atomic E-state index is 10.8. The van der Waals surface area contributed by atoms with Gasteiger partial charge < -0.3 is 20.4 Å². The van der Waals surface area contributed by atoms with Gasteiger partial charge in [-0.15, -0.1) is 0 Å². The second-order valence-corrected chi connectivity index (χ2v) is 4.19. The van der Waals surface area contributed by atoms with E-state index in [1.54, 1.807) is 0 Å². The van der Waals surface area contributed by atoms with E-state index in [0.29, 0.717) is 12.6 Å². The van der Waals surface area contributed by atoms with Gasteiger partial charge in [0.2, 0.25) is 0 Å². The smallest absolute Gasteiger partial charge is 0.872 e. The molecule has 2 N–H and O–H groups in total. The first-order valence-corrected chi connectivity index (χ1v) is 7.01. The third kappa shape index (κ3) is 10.5. The predicted molar refractivity (Wildman–Crippen MR) is 92.1 cm³/mol. The van der Waals surface area contributed by atoms with E-state index in [1.165, 1.54) is 0 Å². The van der Waals surface area contributed by atoms with Gasteiger partial charge in [0.25, 0.3) is 11.4 Å². The van der Waals surface area contributed by atoms with Crippen molar-refractivity contribution in [3.63, 3.8) is 0 Å². The minimum absolute atomic E-state index is 0. The summed E-state index contributed by atoms with van der Waals surface area (Å²) < 4.78 is 0. The van der Waals surface area contributed by atoms with Crippen LogP contribution in [0, 0.1) is 20.2 Å². The summed E-state index contributed by atoms with van der Waals surface area (Å²) in [7, 11) is 2.00. The minimum Gasteiger partial charge on any atom is -0.872 e. The molecule has 0 spiro atoms. The molecule has 0 bridgehead atoms. The zero-order valence-electron chi connectivity index (χ0n) is 15.0. The van der Waals surface area contributed by atoms with Gasteiger partial charge in [0.15, 0.2) is 0 Å². The van der Waals surface area contributed by atoms with Crippen molar-refractivity contribution in [3.05, 3.63) is 67.8 Å². The molecule has 0 amide bonds. The zero-order chi connectivity index (χ0) is 22.3. The number of rotatable bonds is 4. The van der Waals surface area contributed by atoms with Crippen molar-refractivity contribution in [1.82, 2.24) is 0 Å². The van der Waals surface area contributed by atoms with Crippen LogP contribution in [-0.2, 0) is 17.1 Å². The average molecular weight is 460 g/mol. The van der Waals surface area contributed by atoms with Gasteiger partial charge in [-0.2, -0.15) is 0 Å². The van der Waals surface area contributed by atoms with Gasteiger partial charge in [0.05, 0.1) is 9.85 Å². The van der Waals surface area contributed by atoms with E-state index in [0.717, 1.165) is 50.6 Å². The van der Waals surface area contributed by atoms with Crippen molar-refractivity contribution < 1.29 is 56.9 Å². The summed E-state index contributed by atoms with van der Waals surface area (Å²) in [6.07, 6.45) is 0.602. The molecule has 0 heterocycles. The molecule has 29 heavy (non-hydrogen) atoms. The number of aldehydes is 2. The predicted octanol–water partition coefficient (Wildman–Crippen LogP) is 0.176. The third-order valence-electron chi connectivity index (χ3n) is 2.66. The van der Waals surface area contributed by atoms with Crippen molar-refractivity contribution in [2.45, 2.75) is 0 Å². The summed E-state index contributed by atoms with van der Waals surface area (Å²) in [4.78, 5) is 39.4. The fourth-order valence-electron chi connectivity index (χ4n) is 1.48. The molecule has 12 nitrogen and oxygen atoms in total. The number of aliphatic hydroxyl groups excluding tert-OH is 2. The summed E-state index contributed by atoms with van der Waals surface area (Å²) in [5, 5.41) is 55.9. The van der Waals surface area contributed by atoms with Crippen molar-refractivity contribution in [2.75, 3.05) is 14.2 Å². The Labute approximate surface area is 174 Å². The Kier molecular flexibility index (Phi) is 17.5. The van der Waals surface area contributed by atoms with Crippen molar-refractivity contribution >= 4 is 23.9 Å². The normalized spacial score (nSPS) is 8.14. The van der Waals surface area contributed by atoms with E-state index in [-0.39, 0.29) is 39.6 Å². The van der Waals surface area contributed by atoms with Crippen LogP contribution in [-0.4, -0.2) is 46.9 Å². The molecule has 0 saturated carbocycles. The third-order valence-corrected chi connectivity index (χ3v) is 2.66. The number of nitrogens with zero attached hydrogens (tertiary/aromatic N) is 2. The van der Waals surface area contributed by atoms with E-state index in [9.17, 15) is 40.0 Å². The van der Waals surface area contributed by atoms with Crippen LogP contribution < -0.4 is 10.2 Å². The van der Waals surface area contributed by atoms with Crippen molar-refractivity contribution in [2.24, 2.45) is 0 Å². The molecule has 0 aliphatic rings. The molecule has 2 aromatic rings. The van der Waals surface area contributed by atoms with E-state index in [2.05, 4.69) is 0 Å². The number of aliphatic hydroxyl groups is 2. The molecule has 2 rings (SSSR count). The molecule has 0 unspecified atom stereocenters. The molecule has 2 aromatic carbocycles. The number of benzene rings is 2. The number of carbonyl (C=O) groups excluding carboxylic acids is 2. The fourth-order valence-corrected chi connectivity index (χ4v) is 1.48. The topological polar surface area (TPSA) is 207 Å². The van der Waals surface area contributed by atoms with Gasteiger partial charge in [-0.05, 0) is 0 Å². The molecule has 0 aliphatic heterocycles. The summed E-state index contributed by atoms with van der Waals surface area (Å²) in [6.45, 7) is 0. The molecule has 0 aromatic heterocycles. The number of nitro benzene ring substituents is 2. The largest absolute Gasteiger partial charge is 2.00 e. The molecule has 0 saturated heterocycles. The SMILES string of the molecule is CO.CO.O=Cc1cc([N+](=O)[O-])ccc1[O-].O=Cc1cc([N+](=O)[O-])ccc1[O-].[Cu+2]. The molecule has 0 aliphatic carbocycles. The zero-order valence-corrected chi connectivity index (χ0v) is 15.9. The second kappa shape index (κ2) is 16.8. The average Bonchev–Trinajstić information content (AvgIpc) is 2.71. The number of hydrogen-bond acceptors (Lipinski definition) is 10. The first-order valence-electron chi connectivity index (χ1n) is 7.01. The van der Waals surface area contributed by atoms with E-state index in [4.69, 9.17) is 10.2 Å². The first kappa shape index (κ1) is 30.4. The van der Waals surface area contributed by atoms with Gasteiger partial charge in [0.1, 0.15) is 12.6 Å². The number of nitro groups is 2. The minimum atomic E-state index is -0.660. The monoisotopic (exact) mass is 459 g/mol. The maximum absolute atomic E-state index is 10.8. The van der Waals surface area contributed by atoms with Crippen LogP contribution in [0.2, 0.25) is 0 Å². The molecule has 161 valence electrons. The molecular formula is C16H16CuN2O10. The van der Waals surface area contributed by atoms with Crippen LogP contribution >= 0.6 is 0 Å². The van der Waals surface area contributed by atoms with Crippen LogP contribution in [0.25, 0.3) is 0 Å². The van der Waals surface area contributed by atoms with Crippen molar-refractivity contribution in [1.29, 1.82) is 0 Å². The Morgan fingerprint density at radius 2 is 1.00 bits per heavy atom. The summed E-state index contributed by atoms with van der Waals surface area (Å²) in [6, 6.07) is 6.04. The van der Waals surface area contributed by atoms with Crippen LogP contribution in [0.3, 0.4) is 0 Å². The van der Waals surface area contributed by atoms with Gasteiger partial charge in [-0.25, -0.2) is 0 Å². The standard InChI is InChI=1S/2C7H5NO4.2CH4O.Cu/c2*9-4-5-3-6(8(11)12)1-2-7(5)10;2*1-2;/h2*1-4,10H;2*2H,1H3;/q;;;;+2/p-2. The van der Waals surface area contributed by atoms with Crippen LogP contribution in [0.15, 0.2) is 36.4 Å². The molecule has 13 heteroatoms. The number of non-ortho nitro benzene ring substituents is 2. The van der Waals surface area contributed by atoms with Crippen LogP contribution in [0.1, 0.15) is 20.7 Å². The molecule has 1 radical (unpaired) electrons. The Morgan fingerprint density at radius 1 is 0.724 bits per heavy atom. The van der Waals surface area contributed by atoms with E-state index < -0.39 is 21.3 Å². The first-order chi connectivity index (χ1) is 13.3. The Bertz CT molecular complexity index is 747. The molecular weight excluding hydrogens is 444 g/mol. The van der Waals surface area contributed by atoms with E-state index in [1.807, 2.05) is 0 Å². The fraction of sp³-hybridized carbons (Fsp3) is 0.125. The van der Waals surface area contributed by atoms with Crippen LogP contribution in [0.5, 0.6) is 11.5 Å². The van der Waals surface area contributed by atoms with Gasteiger partial charge in [-0.3, -0.25) is 29.8 Å². The summed E-state index contributed by atoms with van der Waals surface area (Å²) in [5.74, 6) is -1.01. The van der Waals surface area contributed by atoms with Crippen molar-refractivity contribution in [3.8, 4) is 11.5 Å². The summed E-state index contributed by atoms with van der Waals surface area (Å²) in [5.41, 5.74) is -0.887. The Hall–Kier alpha value is -3.38. The second-order valence-electron chi connectivity index (χ2n) is 4.19. The summed E-state index contributed by atoms with van der Waals surface area (Å²) >= 11 is 0. The molecule has 0 fully saturated rings. The van der Waals surface area contributed by atoms with E-state index >= 15 is 0 Å². The Balaban J connectivity index is -0.000000386. The maximum Gasteiger partial charge on any atom is 2.00 e. The number of carbonyl (C=O) groups is 2. The quantitative estimate of drug-likeness (QED) is 0.274. The number of hydrogen-bond donors (Lipinski definition) is 2. The van der Waals surface area contributed by atoms with Crippen LogP contribution in [0.4, 0.5) is 11.4 Å². The Morgan fingerprint density at radius 3 is 1.21 bits per heavy atom. The van der Waals surface area contributed by atoms with Gasteiger partial charge in [-0.1, -0.05) is 23.6 Å². The van der Waals surface area contributed by atoms with Gasteiger partial charge >= 0.3 is 17.1 Å². The molecule has 0 atom stereocenters. The van der Waals surface area contributed by atoms with Gasteiger partial charge in [0, 0.05) is 49.6 Å².